The zero-order valence-electron chi connectivity index (χ0n) is 12.5. The van der Waals surface area contributed by atoms with Crippen molar-refractivity contribution in [3.05, 3.63) is 70.7 Å². The number of benzene rings is 2. The second-order valence-electron chi connectivity index (χ2n) is 6.09. The first-order valence-corrected chi connectivity index (χ1v) is 8.13. The van der Waals surface area contributed by atoms with Crippen LogP contribution >= 0.6 is 11.6 Å². The summed E-state index contributed by atoms with van der Waals surface area (Å²) in [6.07, 6.45) is 2.40. The molecule has 2 aromatic carbocycles. The van der Waals surface area contributed by atoms with Crippen molar-refractivity contribution in [2.24, 2.45) is 0 Å². The number of hydrogen-bond donors (Lipinski definition) is 1. The highest BCUT2D eigenvalue weighted by Crippen LogP contribution is 2.52. The smallest absolute Gasteiger partial charge is 0.0408 e. The number of halogens is 1. The van der Waals surface area contributed by atoms with Gasteiger partial charge >= 0.3 is 0 Å². The van der Waals surface area contributed by atoms with Gasteiger partial charge in [-0.25, -0.2) is 0 Å². The van der Waals surface area contributed by atoms with Crippen LogP contribution in [0.25, 0.3) is 0 Å². The summed E-state index contributed by atoms with van der Waals surface area (Å²) >= 11 is 6.20. The lowest BCUT2D eigenvalue weighted by molar-refractivity contribution is 0.195. The van der Waals surface area contributed by atoms with Crippen LogP contribution in [-0.2, 0) is 5.41 Å². The molecule has 0 aromatic heterocycles. The summed E-state index contributed by atoms with van der Waals surface area (Å²) in [7, 11) is 0. The third-order valence-electron chi connectivity index (χ3n) is 4.70. The van der Waals surface area contributed by atoms with E-state index in [1.54, 1.807) is 0 Å². The number of nitrogens with one attached hydrogen (secondary N) is 1. The lowest BCUT2D eigenvalue weighted by atomic mass is 9.57. The van der Waals surface area contributed by atoms with Crippen molar-refractivity contribution < 1.29 is 0 Å². The van der Waals surface area contributed by atoms with E-state index < -0.39 is 0 Å². The molecular formula is C19H22ClN. The molecule has 21 heavy (non-hydrogen) atoms. The lowest BCUT2D eigenvalue weighted by Crippen LogP contribution is -2.47. The Morgan fingerprint density at radius 1 is 1.10 bits per heavy atom. The molecule has 0 bridgehead atoms. The Bertz CT molecular complexity index is 588. The van der Waals surface area contributed by atoms with Gasteiger partial charge in [-0.05, 0) is 48.6 Å². The average Bonchev–Trinajstić information content (AvgIpc) is 2.47. The highest BCUT2D eigenvalue weighted by molar-refractivity contribution is 6.30. The molecule has 0 aliphatic heterocycles. The van der Waals surface area contributed by atoms with Crippen LogP contribution in [0.2, 0.25) is 5.02 Å². The molecule has 0 atom stereocenters. The summed E-state index contributed by atoms with van der Waals surface area (Å²) in [5.41, 5.74) is 3.08. The molecule has 0 spiro atoms. The lowest BCUT2D eigenvalue weighted by Gasteiger charge is -2.49. The van der Waals surface area contributed by atoms with Gasteiger partial charge in [-0.1, -0.05) is 61.0 Å². The molecule has 3 rings (SSSR count). The van der Waals surface area contributed by atoms with E-state index in [9.17, 15) is 0 Å². The number of likely N-dealkylation sites (N-methyl/N-ethyl adjacent to an activating group) is 1. The Labute approximate surface area is 132 Å². The van der Waals surface area contributed by atoms with Crippen molar-refractivity contribution >= 4 is 11.6 Å². The minimum atomic E-state index is 0.238. The first-order valence-electron chi connectivity index (χ1n) is 7.75. The van der Waals surface area contributed by atoms with Crippen molar-refractivity contribution in [3.63, 3.8) is 0 Å². The molecule has 2 heteroatoms. The van der Waals surface area contributed by atoms with Crippen LogP contribution < -0.4 is 5.32 Å². The molecule has 2 aromatic rings. The molecule has 0 amide bonds. The van der Waals surface area contributed by atoms with Crippen LogP contribution in [0.4, 0.5) is 0 Å². The van der Waals surface area contributed by atoms with Crippen molar-refractivity contribution in [2.75, 3.05) is 13.1 Å². The van der Waals surface area contributed by atoms with Gasteiger partial charge in [0.05, 0.1) is 0 Å². The minimum Gasteiger partial charge on any atom is -0.316 e. The topological polar surface area (TPSA) is 12.0 Å². The first kappa shape index (κ1) is 14.6. The Kier molecular flexibility index (Phi) is 4.32. The van der Waals surface area contributed by atoms with E-state index in [1.807, 2.05) is 6.07 Å². The van der Waals surface area contributed by atoms with E-state index in [0.717, 1.165) is 18.1 Å². The molecule has 1 nitrogen and oxygen atoms in total. The van der Waals surface area contributed by atoms with E-state index >= 15 is 0 Å². The quantitative estimate of drug-likeness (QED) is 0.839. The summed E-state index contributed by atoms with van der Waals surface area (Å²) in [5.74, 6) is 0.670. The van der Waals surface area contributed by atoms with E-state index in [1.165, 1.54) is 24.0 Å². The van der Waals surface area contributed by atoms with Crippen molar-refractivity contribution in [2.45, 2.75) is 31.1 Å². The van der Waals surface area contributed by atoms with Gasteiger partial charge in [0.25, 0.3) is 0 Å². The Hall–Kier alpha value is -1.31. The van der Waals surface area contributed by atoms with Crippen LogP contribution in [0.5, 0.6) is 0 Å². The second kappa shape index (κ2) is 6.21. The molecule has 1 fully saturated rings. The summed E-state index contributed by atoms with van der Waals surface area (Å²) in [4.78, 5) is 0. The first-order chi connectivity index (χ1) is 10.2. The van der Waals surface area contributed by atoms with E-state index in [4.69, 9.17) is 11.6 Å². The minimum absolute atomic E-state index is 0.238. The monoisotopic (exact) mass is 299 g/mol. The molecular weight excluding hydrogens is 278 g/mol. The predicted octanol–water partition coefficient (Wildman–Crippen LogP) is 4.76. The fraction of sp³-hybridized carbons (Fsp3) is 0.368. The number of hydrogen-bond acceptors (Lipinski definition) is 1. The third kappa shape index (κ3) is 3.00. The molecule has 110 valence electrons. The fourth-order valence-corrected chi connectivity index (χ4v) is 3.70. The van der Waals surface area contributed by atoms with Gasteiger partial charge in [0.1, 0.15) is 0 Å². The maximum atomic E-state index is 6.20. The zero-order valence-corrected chi connectivity index (χ0v) is 13.2. The third-order valence-corrected chi connectivity index (χ3v) is 4.93. The van der Waals surface area contributed by atoms with Gasteiger partial charge in [0.2, 0.25) is 0 Å². The highest BCUT2D eigenvalue weighted by Gasteiger charge is 2.45. The SMILES string of the molecule is CCNCC1(c2cccc(Cl)c2)CC(c2ccccc2)C1. The Morgan fingerprint density at radius 2 is 1.86 bits per heavy atom. The zero-order chi connectivity index (χ0) is 14.7. The summed E-state index contributed by atoms with van der Waals surface area (Å²) < 4.78 is 0. The summed E-state index contributed by atoms with van der Waals surface area (Å²) in [5, 5.41) is 4.38. The van der Waals surface area contributed by atoms with Crippen molar-refractivity contribution in [3.8, 4) is 0 Å². The predicted molar refractivity (Wildman–Crippen MR) is 90.1 cm³/mol. The van der Waals surface area contributed by atoms with E-state index in [2.05, 4.69) is 60.8 Å². The van der Waals surface area contributed by atoms with Gasteiger partial charge in [-0.15, -0.1) is 0 Å². The van der Waals surface area contributed by atoms with Gasteiger partial charge in [0, 0.05) is 17.0 Å². The normalized spacial score (nSPS) is 24.6. The molecule has 0 heterocycles. The Balaban J connectivity index is 1.81. The average molecular weight is 300 g/mol. The van der Waals surface area contributed by atoms with Crippen LogP contribution in [-0.4, -0.2) is 13.1 Å². The highest BCUT2D eigenvalue weighted by atomic mass is 35.5. The van der Waals surface area contributed by atoms with Gasteiger partial charge in [-0.3, -0.25) is 0 Å². The van der Waals surface area contributed by atoms with Gasteiger partial charge in [0.15, 0.2) is 0 Å². The van der Waals surface area contributed by atoms with Crippen molar-refractivity contribution in [1.29, 1.82) is 0 Å². The molecule has 1 N–H and O–H groups in total. The molecule has 1 saturated carbocycles. The maximum absolute atomic E-state index is 6.20. The maximum Gasteiger partial charge on any atom is 0.0408 e. The van der Waals surface area contributed by atoms with Crippen LogP contribution in [0.15, 0.2) is 54.6 Å². The van der Waals surface area contributed by atoms with Crippen molar-refractivity contribution in [1.82, 2.24) is 5.32 Å². The molecule has 0 saturated heterocycles. The summed E-state index contributed by atoms with van der Waals surface area (Å²) in [6.45, 7) is 4.21. The van der Waals surface area contributed by atoms with Crippen LogP contribution in [0.3, 0.4) is 0 Å². The van der Waals surface area contributed by atoms with E-state index in [-0.39, 0.29) is 5.41 Å². The largest absolute Gasteiger partial charge is 0.316 e. The van der Waals surface area contributed by atoms with Gasteiger partial charge < -0.3 is 5.32 Å². The standard InChI is InChI=1S/C19H22ClN/c1-2-21-14-19(17-9-6-10-18(20)11-17)12-16(13-19)15-7-4-3-5-8-15/h3-11,16,21H,2,12-14H2,1H3. The number of rotatable bonds is 5. The molecule has 0 unspecified atom stereocenters. The van der Waals surface area contributed by atoms with Crippen LogP contribution in [0.1, 0.15) is 36.8 Å². The molecule has 0 radical (unpaired) electrons. The second-order valence-corrected chi connectivity index (χ2v) is 6.52. The molecule has 1 aliphatic rings. The Morgan fingerprint density at radius 3 is 2.52 bits per heavy atom. The fourth-order valence-electron chi connectivity index (χ4n) is 3.51. The van der Waals surface area contributed by atoms with Crippen LogP contribution in [0, 0.1) is 0 Å². The molecule has 1 aliphatic carbocycles. The van der Waals surface area contributed by atoms with E-state index in [0.29, 0.717) is 5.92 Å². The summed E-state index contributed by atoms with van der Waals surface area (Å²) in [6, 6.07) is 19.3. The van der Waals surface area contributed by atoms with Gasteiger partial charge in [-0.2, -0.15) is 0 Å².